The summed E-state index contributed by atoms with van der Waals surface area (Å²) >= 11 is 9.57. The molecule has 5 rings (SSSR count). The van der Waals surface area contributed by atoms with Crippen LogP contribution in [0.3, 0.4) is 0 Å². The van der Waals surface area contributed by atoms with E-state index in [-0.39, 0.29) is 29.8 Å². The summed E-state index contributed by atoms with van der Waals surface area (Å²) in [6, 6.07) is 27.5. The third-order valence-electron chi connectivity index (χ3n) is 8.70. The molecule has 0 unspecified atom stereocenters. The Kier molecular flexibility index (Phi) is 11.4. The smallest absolute Gasteiger partial charge is 0.264 e. The SMILES string of the molecule is Cc1ccc(N(CC(=O)N(Cc2ccc(Br)cc2)[C@@H](Cc2ccccc2)C(=O)NC2CCCC2)S(=O)(=O)c2ccc(Cl)cc2)cc1C. The number of halogens is 2. The Balaban J connectivity index is 1.57. The Morgan fingerprint density at radius 1 is 0.872 bits per heavy atom. The molecule has 1 fully saturated rings. The van der Waals surface area contributed by atoms with Crippen molar-refractivity contribution in [3.8, 4) is 0 Å². The Morgan fingerprint density at radius 3 is 2.17 bits per heavy atom. The molecule has 1 aliphatic rings. The van der Waals surface area contributed by atoms with Crippen LogP contribution in [0.15, 0.2) is 106 Å². The molecule has 0 spiro atoms. The summed E-state index contributed by atoms with van der Waals surface area (Å²) in [5.74, 6) is -0.740. The van der Waals surface area contributed by atoms with Gasteiger partial charge in [0.25, 0.3) is 10.0 Å². The van der Waals surface area contributed by atoms with E-state index < -0.39 is 28.5 Å². The molecule has 246 valence electrons. The lowest BCUT2D eigenvalue weighted by atomic mass is 10.0. The molecule has 47 heavy (non-hydrogen) atoms. The van der Waals surface area contributed by atoms with Crippen LogP contribution >= 0.6 is 27.5 Å². The molecule has 10 heteroatoms. The predicted octanol–water partition coefficient (Wildman–Crippen LogP) is 7.61. The van der Waals surface area contributed by atoms with E-state index in [0.29, 0.717) is 10.7 Å². The van der Waals surface area contributed by atoms with Crippen LogP contribution in [0.1, 0.15) is 47.9 Å². The maximum Gasteiger partial charge on any atom is 0.264 e. The van der Waals surface area contributed by atoms with E-state index in [1.807, 2.05) is 74.5 Å². The number of rotatable bonds is 12. The molecule has 2 amide bonds. The predicted molar refractivity (Wildman–Crippen MR) is 191 cm³/mol. The van der Waals surface area contributed by atoms with Gasteiger partial charge in [0, 0.05) is 28.5 Å². The molecule has 0 aromatic heterocycles. The molecule has 0 bridgehead atoms. The average molecular weight is 737 g/mol. The van der Waals surface area contributed by atoms with Gasteiger partial charge in [0.1, 0.15) is 12.6 Å². The van der Waals surface area contributed by atoms with Crippen LogP contribution in [0.5, 0.6) is 0 Å². The topological polar surface area (TPSA) is 86.8 Å². The molecular formula is C37H39BrClN3O4S. The zero-order chi connectivity index (χ0) is 33.6. The Morgan fingerprint density at radius 2 is 1.53 bits per heavy atom. The first-order valence-corrected chi connectivity index (χ1v) is 18.4. The largest absolute Gasteiger partial charge is 0.352 e. The summed E-state index contributed by atoms with van der Waals surface area (Å²) < 4.78 is 30.5. The lowest BCUT2D eigenvalue weighted by Gasteiger charge is -2.34. The Labute approximate surface area is 291 Å². The van der Waals surface area contributed by atoms with E-state index in [1.165, 1.54) is 29.2 Å². The standard InChI is InChI=1S/C37H39BrClN3O4S/c1-26-12-19-33(22-27(26)2)42(47(45,46)34-20-17-31(39)18-21-34)25-36(43)41(24-29-13-15-30(38)16-14-29)35(23-28-8-4-3-5-9-28)37(44)40-32-10-6-7-11-32/h3-5,8-9,12-22,32,35H,6-7,10-11,23-25H2,1-2H3,(H,40,44)/t35-/m0/s1. The van der Waals surface area contributed by atoms with Gasteiger partial charge in [0.15, 0.2) is 0 Å². The summed E-state index contributed by atoms with van der Waals surface area (Å²) in [7, 11) is -4.21. The Bertz CT molecular complexity index is 1800. The molecule has 7 nitrogen and oxygen atoms in total. The molecular weight excluding hydrogens is 698 g/mol. The van der Waals surface area contributed by atoms with Gasteiger partial charge in [-0.1, -0.05) is 88.9 Å². The van der Waals surface area contributed by atoms with Gasteiger partial charge in [0.2, 0.25) is 11.8 Å². The van der Waals surface area contributed by atoms with Crippen LogP contribution in [0.2, 0.25) is 5.02 Å². The molecule has 0 aliphatic heterocycles. The van der Waals surface area contributed by atoms with Crippen molar-refractivity contribution in [1.82, 2.24) is 10.2 Å². The van der Waals surface area contributed by atoms with Crippen LogP contribution in [0.25, 0.3) is 0 Å². The molecule has 0 radical (unpaired) electrons. The van der Waals surface area contributed by atoms with E-state index in [9.17, 15) is 18.0 Å². The van der Waals surface area contributed by atoms with Crippen molar-refractivity contribution in [3.63, 3.8) is 0 Å². The van der Waals surface area contributed by atoms with Crippen LogP contribution in [0, 0.1) is 13.8 Å². The minimum atomic E-state index is -4.21. The third kappa shape index (κ3) is 8.83. The van der Waals surface area contributed by atoms with Gasteiger partial charge in [0.05, 0.1) is 10.6 Å². The highest BCUT2D eigenvalue weighted by atomic mass is 79.9. The van der Waals surface area contributed by atoms with Gasteiger partial charge < -0.3 is 10.2 Å². The lowest BCUT2D eigenvalue weighted by molar-refractivity contribution is -0.140. The molecule has 0 saturated heterocycles. The van der Waals surface area contributed by atoms with Crippen molar-refractivity contribution in [3.05, 3.63) is 129 Å². The monoisotopic (exact) mass is 735 g/mol. The number of nitrogens with zero attached hydrogens (tertiary/aromatic N) is 2. The molecule has 1 atom stereocenters. The van der Waals surface area contributed by atoms with Crippen molar-refractivity contribution in [1.29, 1.82) is 0 Å². The van der Waals surface area contributed by atoms with Gasteiger partial charge >= 0.3 is 0 Å². The van der Waals surface area contributed by atoms with Gasteiger partial charge in [-0.2, -0.15) is 0 Å². The number of amides is 2. The maximum absolute atomic E-state index is 14.7. The third-order valence-corrected chi connectivity index (χ3v) is 11.3. The summed E-state index contributed by atoms with van der Waals surface area (Å²) in [4.78, 5) is 30.3. The van der Waals surface area contributed by atoms with E-state index >= 15 is 0 Å². The van der Waals surface area contributed by atoms with Crippen molar-refractivity contribution in [2.45, 2.75) is 69.5 Å². The van der Waals surface area contributed by atoms with E-state index in [0.717, 1.165) is 56.7 Å². The fourth-order valence-corrected chi connectivity index (χ4v) is 7.65. The number of carbonyl (C=O) groups excluding carboxylic acids is 2. The fraction of sp³-hybridized carbons (Fsp3) is 0.297. The van der Waals surface area contributed by atoms with Crippen LogP contribution in [-0.4, -0.2) is 43.8 Å². The number of sulfonamides is 1. The highest BCUT2D eigenvalue weighted by Gasteiger charge is 2.35. The van der Waals surface area contributed by atoms with Gasteiger partial charge in [-0.3, -0.25) is 13.9 Å². The number of carbonyl (C=O) groups is 2. The van der Waals surface area contributed by atoms with Crippen LogP contribution < -0.4 is 9.62 Å². The first-order valence-electron chi connectivity index (χ1n) is 15.7. The van der Waals surface area contributed by atoms with Crippen molar-refractivity contribution in [2.75, 3.05) is 10.8 Å². The first-order chi connectivity index (χ1) is 22.5. The molecule has 1 saturated carbocycles. The van der Waals surface area contributed by atoms with Crippen LogP contribution in [0.4, 0.5) is 5.69 Å². The minimum absolute atomic E-state index is 0.00667. The Hall–Kier alpha value is -3.66. The summed E-state index contributed by atoms with van der Waals surface area (Å²) in [6.45, 7) is 3.45. The first kappa shape index (κ1) is 34.7. The number of hydrogen-bond donors (Lipinski definition) is 1. The van der Waals surface area contributed by atoms with Crippen molar-refractivity contribution < 1.29 is 18.0 Å². The van der Waals surface area contributed by atoms with Gasteiger partial charge in [-0.25, -0.2) is 8.42 Å². The number of benzene rings is 4. The highest BCUT2D eigenvalue weighted by Crippen LogP contribution is 2.28. The zero-order valence-electron chi connectivity index (χ0n) is 26.5. The van der Waals surface area contributed by atoms with E-state index in [1.54, 1.807) is 12.1 Å². The highest BCUT2D eigenvalue weighted by molar-refractivity contribution is 9.10. The van der Waals surface area contributed by atoms with Crippen molar-refractivity contribution in [2.24, 2.45) is 0 Å². The molecule has 0 heterocycles. The fourth-order valence-electron chi connectivity index (χ4n) is 5.85. The normalized spacial score (nSPS) is 14.0. The van der Waals surface area contributed by atoms with E-state index in [2.05, 4.69) is 21.2 Å². The molecule has 4 aromatic rings. The second kappa shape index (κ2) is 15.5. The molecule has 4 aromatic carbocycles. The summed E-state index contributed by atoms with van der Waals surface area (Å²) in [5, 5.41) is 3.60. The number of hydrogen-bond acceptors (Lipinski definition) is 4. The zero-order valence-corrected chi connectivity index (χ0v) is 29.7. The second-order valence-electron chi connectivity index (χ2n) is 12.1. The number of aryl methyl sites for hydroxylation is 2. The molecule has 1 aliphatic carbocycles. The lowest BCUT2D eigenvalue weighted by Crippen LogP contribution is -2.54. The molecule has 1 N–H and O–H groups in total. The maximum atomic E-state index is 14.7. The minimum Gasteiger partial charge on any atom is -0.352 e. The number of nitrogens with one attached hydrogen (secondary N) is 1. The summed E-state index contributed by atoms with van der Waals surface area (Å²) in [6.07, 6.45) is 4.15. The van der Waals surface area contributed by atoms with Crippen molar-refractivity contribution >= 4 is 55.1 Å². The second-order valence-corrected chi connectivity index (χ2v) is 15.3. The number of anilines is 1. The van der Waals surface area contributed by atoms with Gasteiger partial charge in [-0.05, 0) is 97.5 Å². The van der Waals surface area contributed by atoms with Gasteiger partial charge in [-0.15, -0.1) is 0 Å². The van der Waals surface area contributed by atoms with E-state index in [4.69, 9.17) is 11.6 Å². The van der Waals surface area contributed by atoms with Crippen LogP contribution in [-0.2, 0) is 32.6 Å². The quantitative estimate of drug-likeness (QED) is 0.162. The average Bonchev–Trinajstić information content (AvgIpc) is 3.57. The summed E-state index contributed by atoms with van der Waals surface area (Å²) in [5.41, 5.74) is 3.94.